The minimum Gasteiger partial charge on any atom is -0.478 e. The molecule has 1 aliphatic rings. The lowest BCUT2D eigenvalue weighted by Gasteiger charge is -2.42. The minimum atomic E-state index is -0.945. The van der Waals surface area contributed by atoms with E-state index >= 15 is 0 Å². The Bertz CT molecular complexity index is 499. The van der Waals surface area contributed by atoms with Gasteiger partial charge in [-0.1, -0.05) is 0 Å². The zero-order valence-electron chi connectivity index (χ0n) is 11.8. The Kier molecular flexibility index (Phi) is 3.49. The van der Waals surface area contributed by atoms with Crippen molar-refractivity contribution in [2.45, 2.75) is 39.4 Å². The molecule has 0 aromatic carbocycles. The van der Waals surface area contributed by atoms with Gasteiger partial charge in [-0.15, -0.1) is 0 Å². The Balaban J connectivity index is 2.40. The lowest BCUT2D eigenvalue weighted by molar-refractivity contribution is -0.0752. The number of anilines is 1. The first kappa shape index (κ1) is 13.8. The normalized spacial score (nSPS) is 22.3. The quantitative estimate of drug-likeness (QED) is 0.886. The second-order valence-corrected chi connectivity index (χ2v) is 5.70. The highest BCUT2D eigenvalue weighted by Gasteiger charge is 2.33. The lowest BCUT2D eigenvalue weighted by Crippen LogP contribution is -2.52. The van der Waals surface area contributed by atoms with E-state index in [9.17, 15) is 9.90 Å². The van der Waals surface area contributed by atoms with Gasteiger partial charge in [0.05, 0.1) is 11.7 Å². The molecule has 1 aliphatic heterocycles. The van der Waals surface area contributed by atoms with Crippen LogP contribution in [0.3, 0.4) is 0 Å². The molecule has 1 aromatic heterocycles. The molecule has 1 aromatic rings. The monoisotopic (exact) mass is 264 g/mol. The molecule has 104 valence electrons. The summed E-state index contributed by atoms with van der Waals surface area (Å²) in [6.07, 6.45) is 0.0488. The Morgan fingerprint density at radius 3 is 2.79 bits per heavy atom. The number of rotatable bonds is 2. The number of pyridine rings is 1. The molecule has 0 spiro atoms. The van der Waals surface area contributed by atoms with Crippen LogP contribution in [0.15, 0.2) is 12.1 Å². The summed E-state index contributed by atoms with van der Waals surface area (Å²) in [4.78, 5) is 17.7. The SMILES string of the molecule is Cc1ccc(C(=O)O)c(N2CC(C)OC(C)(C)C2)n1. The van der Waals surface area contributed by atoms with Crippen LogP contribution in [0, 0.1) is 6.92 Å². The molecule has 0 saturated carbocycles. The Morgan fingerprint density at radius 2 is 2.21 bits per heavy atom. The van der Waals surface area contributed by atoms with Gasteiger partial charge in [0.15, 0.2) is 0 Å². The molecule has 2 heterocycles. The van der Waals surface area contributed by atoms with Gasteiger partial charge in [-0.05, 0) is 39.8 Å². The topological polar surface area (TPSA) is 62.7 Å². The maximum absolute atomic E-state index is 11.3. The van der Waals surface area contributed by atoms with Gasteiger partial charge in [-0.2, -0.15) is 0 Å². The zero-order chi connectivity index (χ0) is 14.2. The Labute approximate surface area is 113 Å². The van der Waals surface area contributed by atoms with E-state index in [4.69, 9.17) is 4.74 Å². The first-order valence-corrected chi connectivity index (χ1v) is 6.42. The number of aryl methyl sites for hydroxylation is 1. The van der Waals surface area contributed by atoms with Crippen LogP contribution < -0.4 is 4.90 Å². The van der Waals surface area contributed by atoms with Crippen molar-refractivity contribution in [2.75, 3.05) is 18.0 Å². The van der Waals surface area contributed by atoms with E-state index in [1.165, 1.54) is 0 Å². The van der Waals surface area contributed by atoms with Crippen LogP contribution in [0.5, 0.6) is 0 Å². The highest BCUT2D eigenvalue weighted by Crippen LogP contribution is 2.27. The predicted molar refractivity (Wildman–Crippen MR) is 72.8 cm³/mol. The van der Waals surface area contributed by atoms with Gasteiger partial charge in [0, 0.05) is 18.8 Å². The van der Waals surface area contributed by atoms with E-state index in [1.807, 2.05) is 32.6 Å². The highest BCUT2D eigenvalue weighted by molar-refractivity contribution is 5.93. The van der Waals surface area contributed by atoms with Crippen molar-refractivity contribution in [2.24, 2.45) is 0 Å². The molecular weight excluding hydrogens is 244 g/mol. The van der Waals surface area contributed by atoms with Crippen molar-refractivity contribution in [3.63, 3.8) is 0 Å². The number of nitrogens with zero attached hydrogens (tertiary/aromatic N) is 2. The molecule has 0 radical (unpaired) electrons. The van der Waals surface area contributed by atoms with Gasteiger partial charge in [0.25, 0.3) is 0 Å². The molecule has 19 heavy (non-hydrogen) atoms. The minimum absolute atomic E-state index is 0.0488. The Morgan fingerprint density at radius 1 is 1.53 bits per heavy atom. The van der Waals surface area contributed by atoms with Crippen LogP contribution in [0.4, 0.5) is 5.82 Å². The smallest absolute Gasteiger partial charge is 0.339 e. The van der Waals surface area contributed by atoms with Crippen LogP contribution >= 0.6 is 0 Å². The third kappa shape index (κ3) is 3.04. The summed E-state index contributed by atoms with van der Waals surface area (Å²) in [6.45, 7) is 9.15. The number of carboxylic acids is 1. The molecule has 1 saturated heterocycles. The fourth-order valence-corrected chi connectivity index (χ4v) is 2.57. The maximum Gasteiger partial charge on any atom is 0.339 e. The summed E-state index contributed by atoms with van der Waals surface area (Å²) < 4.78 is 5.84. The second-order valence-electron chi connectivity index (χ2n) is 5.70. The van der Waals surface area contributed by atoms with E-state index in [1.54, 1.807) is 12.1 Å². The number of hydrogen-bond acceptors (Lipinski definition) is 4. The standard InChI is InChI=1S/C14H20N2O3/c1-9-5-6-11(13(17)18)12(15-9)16-7-10(2)19-14(3,4)8-16/h5-6,10H,7-8H2,1-4H3,(H,17,18). The van der Waals surface area contributed by atoms with E-state index < -0.39 is 5.97 Å². The van der Waals surface area contributed by atoms with Crippen molar-refractivity contribution in [3.05, 3.63) is 23.4 Å². The molecule has 0 aliphatic carbocycles. The summed E-state index contributed by atoms with van der Waals surface area (Å²) >= 11 is 0. The molecule has 5 nitrogen and oxygen atoms in total. The van der Waals surface area contributed by atoms with Crippen molar-refractivity contribution in [1.29, 1.82) is 0 Å². The third-order valence-corrected chi connectivity index (χ3v) is 3.11. The molecule has 1 unspecified atom stereocenters. The fraction of sp³-hybridized carbons (Fsp3) is 0.571. The van der Waals surface area contributed by atoms with E-state index in [0.29, 0.717) is 18.9 Å². The van der Waals surface area contributed by atoms with E-state index in [-0.39, 0.29) is 17.3 Å². The summed E-state index contributed by atoms with van der Waals surface area (Å²) in [5.41, 5.74) is 0.756. The molecule has 0 amide bonds. The number of carbonyl (C=O) groups is 1. The predicted octanol–water partition coefficient (Wildman–Crippen LogP) is 2.09. The van der Waals surface area contributed by atoms with Gasteiger partial charge in [-0.25, -0.2) is 9.78 Å². The Hall–Kier alpha value is -1.62. The van der Waals surface area contributed by atoms with Gasteiger partial charge in [0.2, 0.25) is 0 Å². The van der Waals surface area contributed by atoms with Crippen molar-refractivity contribution in [1.82, 2.24) is 4.98 Å². The number of hydrogen-bond donors (Lipinski definition) is 1. The first-order valence-electron chi connectivity index (χ1n) is 6.42. The van der Waals surface area contributed by atoms with Crippen LogP contribution in [0.1, 0.15) is 36.8 Å². The molecule has 1 atom stereocenters. The number of ether oxygens (including phenoxy) is 1. The first-order chi connectivity index (χ1) is 8.78. The maximum atomic E-state index is 11.3. The fourth-order valence-electron chi connectivity index (χ4n) is 2.57. The molecule has 1 fully saturated rings. The summed E-state index contributed by atoms with van der Waals surface area (Å²) in [5.74, 6) is -0.407. The van der Waals surface area contributed by atoms with Crippen LogP contribution in [0.2, 0.25) is 0 Å². The van der Waals surface area contributed by atoms with Crippen molar-refractivity contribution >= 4 is 11.8 Å². The van der Waals surface area contributed by atoms with Crippen LogP contribution in [-0.2, 0) is 4.74 Å². The van der Waals surface area contributed by atoms with Gasteiger partial charge in [0.1, 0.15) is 11.4 Å². The van der Waals surface area contributed by atoms with E-state index in [0.717, 1.165) is 5.69 Å². The van der Waals surface area contributed by atoms with Crippen molar-refractivity contribution in [3.8, 4) is 0 Å². The number of aromatic nitrogens is 1. The highest BCUT2D eigenvalue weighted by atomic mass is 16.5. The average Bonchev–Trinajstić information content (AvgIpc) is 2.25. The third-order valence-electron chi connectivity index (χ3n) is 3.11. The van der Waals surface area contributed by atoms with Crippen LogP contribution in [-0.4, -0.2) is 40.9 Å². The number of morpholine rings is 1. The molecule has 5 heteroatoms. The summed E-state index contributed by atoms with van der Waals surface area (Å²) in [7, 11) is 0. The zero-order valence-corrected chi connectivity index (χ0v) is 11.8. The molecule has 2 rings (SSSR count). The van der Waals surface area contributed by atoms with Crippen molar-refractivity contribution < 1.29 is 14.6 Å². The molecule has 1 N–H and O–H groups in total. The van der Waals surface area contributed by atoms with Crippen LogP contribution in [0.25, 0.3) is 0 Å². The van der Waals surface area contributed by atoms with Gasteiger partial charge in [-0.3, -0.25) is 0 Å². The number of aromatic carboxylic acids is 1. The molecular formula is C14H20N2O3. The number of carboxylic acid groups (broad SMARTS) is 1. The van der Waals surface area contributed by atoms with Gasteiger partial charge >= 0.3 is 5.97 Å². The molecule has 0 bridgehead atoms. The second kappa shape index (κ2) is 4.81. The van der Waals surface area contributed by atoms with Gasteiger partial charge < -0.3 is 14.7 Å². The van der Waals surface area contributed by atoms with E-state index in [2.05, 4.69) is 4.98 Å². The average molecular weight is 264 g/mol. The summed E-state index contributed by atoms with van der Waals surface area (Å²) in [5, 5.41) is 9.29. The summed E-state index contributed by atoms with van der Waals surface area (Å²) in [6, 6.07) is 3.34. The largest absolute Gasteiger partial charge is 0.478 e. The lowest BCUT2D eigenvalue weighted by atomic mass is 10.0.